The number of aryl methyl sites for hydroxylation is 2. The highest BCUT2D eigenvalue weighted by Gasteiger charge is 2.34. The van der Waals surface area contributed by atoms with Crippen LogP contribution in [0.4, 0.5) is 5.69 Å². The molecule has 0 bridgehead atoms. The van der Waals surface area contributed by atoms with Crippen molar-refractivity contribution in [3.63, 3.8) is 0 Å². The van der Waals surface area contributed by atoms with Crippen LogP contribution in [0.2, 0.25) is 0 Å². The fourth-order valence-electron chi connectivity index (χ4n) is 4.42. The highest BCUT2D eigenvalue weighted by molar-refractivity contribution is 5.93. The molecule has 2 amide bonds. The van der Waals surface area contributed by atoms with E-state index in [0.717, 1.165) is 44.5 Å². The number of likely N-dealkylation sites (tertiary alicyclic amines) is 1. The molecular formula is C20H27N3O2. The highest BCUT2D eigenvalue weighted by atomic mass is 16.2. The van der Waals surface area contributed by atoms with Crippen LogP contribution in [0, 0.1) is 11.8 Å². The minimum atomic E-state index is -0.140. The molecule has 0 radical (unpaired) electrons. The first kappa shape index (κ1) is 16.6. The summed E-state index contributed by atoms with van der Waals surface area (Å²) in [5.41, 5.74) is 3.66. The molecule has 2 saturated heterocycles. The lowest BCUT2D eigenvalue weighted by Gasteiger charge is -2.31. The minimum absolute atomic E-state index is 0.0318. The van der Waals surface area contributed by atoms with Gasteiger partial charge in [-0.05, 0) is 61.8 Å². The SMILES string of the molecule is O=C(Nc1ccc2c(c1)CCC2)[C@H]1CNC[C@@H](C(=O)N2CCCC2)C1. The van der Waals surface area contributed by atoms with Gasteiger partial charge in [0.1, 0.15) is 0 Å². The Kier molecular flexibility index (Phi) is 4.75. The van der Waals surface area contributed by atoms with Crippen molar-refractivity contribution < 1.29 is 9.59 Å². The number of piperidine rings is 1. The van der Waals surface area contributed by atoms with Gasteiger partial charge in [-0.3, -0.25) is 9.59 Å². The summed E-state index contributed by atoms with van der Waals surface area (Å²) in [6, 6.07) is 6.26. The first-order valence-corrected chi connectivity index (χ1v) is 9.63. The van der Waals surface area contributed by atoms with Gasteiger partial charge in [-0.25, -0.2) is 0 Å². The third-order valence-corrected chi connectivity index (χ3v) is 5.85. The van der Waals surface area contributed by atoms with E-state index in [1.165, 1.54) is 17.5 Å². The normalized spacial score (nSPS) is 25.7. The third-order valence-electron chi connectivity index (χ3n) is 5.85. The monoisotopic (exact) mass is 341 g/mol. The van der Waals surface area contributed by atoms with Crippen molar-refractivity contribution in [1.29, 1.82) is 0 Å². The third kappa shape index (κ3) is 3.56. The van der Waals surface area contributed by atoms with Gasteiger partial charge in [0.15, 0.2) is 0 Å². The molecule has 1 aromatic rings. The van der Waals surface area contributed by atoms with Crippen molar-refractivity contribution >= 4 is 17.5 Å². The second-order valence-corrected chi connectivity index (χ2v) is 7.65. The van der Waals surface area contributed by atoms with E-state index in [1.807, 2.05) is 11.0 Å². The van der Waals surface area contributed by atoms with Gasteiger partial charge in [0, 0.05) is 31.9 Å². The zero-order valence-corrected chi connectivity index (χ0v) is 14.7. The molecule has 5 heteroatoms. The van der Waals surface area contributed by atoms with E-state index in [1.54, 1.807) is 0 Å². The van der Waals surface area contributed by atoms with Crippen LogP contribution in [0.1, 0.15) is 36.8 Å². The number of rotatable bonds is 3. The number of anilines is 1. The smallest absolute Gasteiger partial charge is 0.228 e. The summed E-state index contributed by atoms with van der Waals surface area (Å²) in [5.74, 6) is 0.0468. The Morgan fingerprint density at radius 1 is 1.00 bits per heavy atom. The van der Waals surface area contributed by atoms with E-state index in [0.29, 0.717) is 19.5 Å². The van der Waals surface area contributed by atoms with Gasteiger partial charge < -0.3 is 15.5 Å². The Bertz CT molecular complexity index is 667. The largest absolute Gasteiger partial charge is 0.342 e. The topological polar surface area (TPSA) is 61.4 Å². The van der Waals surface area contributed by atoms with Gasteiger partial charge in [-0.2, -0.15) is 0 Å². The lowest BCUT2D eigenvalue weighted by atomic mass is 9.88. The van der Waals surface area contributed by atoms with Crippen LogP contribution < -0.4 is 10.6 Å². The molecule has 0 saturated carbocycles. The number of benzene rings is 1. The van der Waals surface area contributed by atoms with E-state index in [4.69, 9.17) is 0 Å². The van der Waals surface area contributed by atoms with Crippen LogP contribution in [0.5, 0.6) is 0 Å². The van der Waals surface area contributed by atoms with Crippen LogP contribution in [0.15, 0.2) is 18.2 Å². The second kappa shape index (κ2) is 7.16. The molecule has 2 aliphatic heterocycles. The number of hydrogen-bond acceptors (Lipinski definition) is 3. The molecule has 4 rings (SSSR count). The number of nitrogens with one attached hydrogen (secondary N) is 2. The molecule has 2 heterocycles. The van der Waals surface area contributed by atoms with Crippen molar-refractivity contribution in [3.05, 3.63) is 29.3 Å². The Hall–Kier alpha value is -1.88. The van der Waals surface area contributed by atoms with E-state index >= 15 is 0 Å². The molecule has 2 N–H and O–H groups in total. The molecule has 0 unspecified atom stereocenters. The average molecular weight is 341 g/mol. The van der Waals surface area contributed by atoms with Crippen LogP contribution in [0.25, 0.3) is 0 Å². The van der Waals surface area contributed by atoms with E-state index in [-0.39, 0.29) is 23.7 Å². The molecule has 1 aromatic carbocycles. The Balaban J connectivity index is 1.37. The Morgan fingerprint density at radius 3 is 2.60 bits per heavy atom. The maximum absolute atomic E-state index is 12.7. The van der Waals surface area contributed by atoms with Gasteiger partial charge in [0.2, 0.25) is 11.8 Å². The summed E-state index contributed by atoms with van der Waals surface area (Å²) in [5, 5.41) is 6.36. The second-order valence-electron chi connectivity index (χ2n) is 7.65. The van der Waals surface area contributed by atoms with Crippen molar-refractivity contribution in [1.82, 2.24) is 10.2 Å². The van der Waals surface area contributed by atoms with Gasteiger partial charge in [0.25, 0.3) is 0 Å². The first-order valence-electron chi connectivity index (χ1n) is 9.63. The van der Waals surface area contributed by atoms with Crippen LogP contribution in [-0.2, 0) is 22.4 Å². The summed E-state index contributed by atoms with van der Waals surface area (Å²) in [4.78, 5) is 27.3. The number of carbonyl (C=O) groups is 2. The minimum Gasteiger partial charge on any atom is -0.342 e. The number of carbonyl (C=O) groups excluding carboxylic acids is 2. The van der Waals surface area contributed by atoms with Crippen LogP contribution in [0.3, 0.4) is 0 Å². The molecule has 5 nitrogen and oxygen atoms in total. The predicted octanol–water partition coefficient (Wildman–Crippen LogP) is 1.96. The average Bonchev–Trinajstić information content (AvgIpc) is 3.32. The van der Waals surface area contributed by atoms with Crippen molar-refractivity contribution in [3.8, 4) is 0 Å². The molecule has 25 heavy (non-hydrogen) atoms. The standard InChI is InChI=1S/C20H27N3O2/c24-19(22-18-7-6-14-4-3-5-15(14)11-18)16-10-17(13-21-12-16)20(25)23-8-1-2-9-23/h6-7,11,16-17,21H,1-5,8-10,12-13H2,(H,22,24)/t16-,17+/m1/s1. The number of fused-ring (bicyclic) bond motifs is 1. The van der Waals surface area contributed by atoms with Gasteiger partial charge in [-0.15, -0.1) is 0 Å². The predicted molar refractivity (Wildman–Crippen MR) is 97.4 cm³/mol. The number of hydrogen-bond donors (Lipinski definition) is 2. The Morgan fingerprint density at radius 2 is 1.76 bits per heavy atom. The maximum atomic E-state index is 12.7. The summed E-state index contributed by atoms with van der Waals surface area (Å²) >= 11 is 0. The molecule has 2 fully saturated rings. The molecule has 3 aliphatic rings. The zero-order chi connectivity index (χ0) is 17.2. The molecule has 1 aliphatic carbocycles. The molecule has 0 aromatic heterocycles. The van der Waals surface area contributed by atoms with Crippen molar-refractivity contribution in [2.45, 2.75) is 38.5 Å². The molecule has 2 atom stereocenters. The lowest BCUT2D eigenvalue weighted by Crippen LogP contribution is -2.47. The van der Waals surface area contributed by atoms with E-state index in [9.17, 15) is 9.59 Å². The zero-order valence-electron chi connectivity index (χ0n) is 14.7. The van der Waals surface area contributed by atoms with Gasteiger partial charge >= 0.3 is 0 Å². The summed E-state index contributed by atoms with van der Waals surface area (Å²) < 4.78 is 0. The van der Waals surface area contributed by atoms with Crippen LogP contribution >= 0.6 is 0 Å². The van der Waals surface area contributed by atoms with E-state index < -0.39 is 0 Å². The quantitative estimate of drug-likeness (QED) is 0.883. The molecule has 0 spiro atoms. The molecule has 134 valence electrons. The summed E-state index contributed by atoms with van der Waals surface area (Å²) in [6.45, 7) is 3.10. The van der Waals surface area contributed by atoms with Crippen molar-refractivity contribution in [2.24, 2.45) is 11.8 Å². The highest BCUT2D eigenvalue weighted by Crippen LogP contribution is 2.26. The van der Waals surface area contributed by atoms with Crippen LogP contribution in [-0.4, -0.2) is 42.9 Å². The number of nitrogens with zero attached hydrogens (tertiary/aromatic N) is 1. The summed E-state index contributed by atoms with van der Waals surface area (Å²) in [7, 11) is 0. The Labute approximate surface area is 149 Å². The van der Waals surface area contributed by atoms with Gasteiger partial charge in [-0.1, -0.05) is 6.07 Å². The van der Waals surface area contributed by atoms with E-state index in [2.05, 4.69) is 22.8 Å². The summed E-state index contributed by atoms with van der Waals surface area (Å²) in [6.07, 6.45) is 6.33. The van der Waals surface area contributed by atoms with Gasteiger partial charge in [0.05, 0.1) is 11.8 Å². The lowest BCUT2D eigenvalue weighted by molar-refractivity contribution is -0.136. The maximum Gasteiger partial charge on any atom is 0.228 e. The number of amides is 2. The fourth-order valence-corrected chi connectivity index (χ4v) is 4.42. The van der Waals surface area contributed by atoms with Crippen molar-refractivity contribution in [2.75, 3.05) is 31.5 Å². The fraction of sp³-hybridized carbons (Fsp3) is 0.600. The first-order chi connectivity index (χ1) is 12.2. The molecular weight excluding hydrogens is 314 g/mol.